The number of hydrogen-bond acceptors (Lipinski definition) is 2. The number of hydrogen-bond donors (Lipinski definition) is 1. The molecule has 1 amide bonds. The average Bonchev–Trinajstić information content (AvgIpc) is 2.41. The first-order chi connectivity index (χ1) is 9.86. The third-order valence-electron chi connectivity index (χ3n) is 4.01. The van der Waals surface area contributed by atoms with Gasteiger partial charge in [0.2, 0.25) is 5.91 Å². The van der Waals surface area contributed by atoms with E-state index in [9.17, 15) is 13.6 Å². The SMILES string of the molecule is CC1CC(C)CN(C(C)C(=O)Nc2cc(F)ccc2F)C1. The molecule has 3 unspecified atom stereocenters. The van der Waals surface area contributed by atoms with Gasteiger partial charge in [0.15, 0.2) is 0 Å². The molecule has 1 aliphatic rings. The number of carbonyl (C=O) groups excluding carboxylic acids is 1. The lowest BCUT2D eigenvalue weighted by Crippen LogP contribution is -2.48. The standard InChI is InChI=1S/C16H22F2N2O/c1-10-6-11(2)9-20(8-10)12(3)16(21)19-15-7-13(17)4-5-14(15)18/h4-5,7,10-12H,6,8-9H2,1-3H3,(H,19,21). The lowest BCUT2D eigenvalue weighted by molar-refractivity contribution is -0.121. The summed E-state index contributed by atoms with van der Waals surface area (Å²) in [5.74, 6) is -0.428. The summed E-state index contributed by atoms with van der Waals surface area (Å²) in [5, 5.41) is 2.48. The molecule has 1 heterocycles. The molecular weight excluding hydrogens is 274 g/mol. The second kappa shape index (κ2) is 6.52. The summed E-state index contributed by atoms with van der Waals surface area (Å²) in [6.07, 6.45) is 1.16. The van der Waals surface area contributed by atoms with Crippen molar-refractivity contribution < 1.29 is 13.6 Å². The number of nitrogens with zero attached hydrogens (tertiary/aromatic N) is 1. The van der Waals surface area contributed by atoms with Gasteiger partial charge in [0.25, 0.3) is 0 Å². The van der Waals surface area contributed by atoms with Crippen LogP contribution in [0.3, 0.4) is 0 Å². The molecular formula is C16H22F2N2O. The molecule has 1 fully saturated rings. The zero-order valence-corrected chi connectivity index (χ0v) is 12.7. The third-order valence-corrected chi connectivity index (χ3v) is 4.01. The van der Waals surface area contributed by atoms with Gasteiger partial charge in [-0.2, -0.15) is 0 Å². The molecule has 3 atom stereocenters. The second-order valence-electron chi connectivity index (χ2n) is 6.19. The highest BCUT2D eigenvalue weighted by molar-refractivity contribution is 5.94. The Morgan fingerprint density at radius 1 is 1.29 bits per heavy atom. The molecule has 0 aliphatic carbocycles. The molecule has 0 bridgehead atoms. The molecule has 0 spiro atoms. The van der Waals surface area contributed by atoms with Gasteiger partial charge >= 0.3 is 0 Å². The van der Waals surface area contributed by atoms with E-state index >= 15 is 0 Å². The highest BCUT2D eigenvalue weighted by atomic mass is 19.1. The number of carbonyl (C=O) groups is 1. The van der Waals surface area contributed by atoms with Gasteiger partial charge in [0.05, 0.1) is 11.7 Å². The normalized spacial score (nSPS) is 24.6. The van der Waals surface area contributed by atoms with Crippen molar-refractivity contribution in [1.29, 1.82) is 0 Å². The van der Waals surface area contributed by atoms with Crippen LogP contribution in [-0.4, -0.2) is 29.9 Å². The van der Waals surface area contributed by atoms with Crippen LogP contribution >= 0.6 is 0 Å². The van der Waals surface area contributed by atoms with E-state index in [-0.39, 0.29) is 17.6 Å². The molecule has 116 valence electrons. The van der Waals surface area contributed by atoms with Crippen LogP contribution in [0.4, 0.5) is 14.5 Å². The third kappa shape index (κ3) is 4.00. The Labute approximate surface area is 124 Å². The zero-order chi connectivity index (χ0) is 15.6. The molecule has 2 rings (SSSR count). The van der Waals surface area contributed by atoms with Crippen molar-refractivity contribution in [1.82, 2.24) is 4.90 Å². The molecule has 0 aromatic heterocycles. The van der Waals surface area contributed by atoms with E-state index < -0.39 is 11.6 Å². The molecule has 0 radical (unpaired) electrons. The van der Waals surface area contributed by atoms with E-state index in [2.05, 4.69) is 24.1 Å². The van der Waals surface area contributed by atoms with Crippen molar-refractivity contribution >= 4 is 11.6 Å². The molecule has 5 heteroatoms. The molecule has 0 saturated carbocycles. The average molecular weight is 296 g/mol. The molecule has 3 nitrogen and oxygen atoms in total. The minimum absolute atomic E-state index is 0.107. The number of anilines is 1. The largest absolute Gasteiger partial charge is 0.322 e. The highest BCUT2D eigenvalue weighted by Gasteiger charge is 2.29. The summed E-state index contributed by atoms with van der Waals surface area (Å²) < 4.78 is 26.7. The fourth-order valence-corrected chi connectivity index (χ4v) is 3.02. The first kappa shape index (κ1) is 15.9. The van der Waals surface area contributed by atoms with Gasteiger partial charge in [-0.1, -0.05) is 13.8 Å². The van der Waals surface area contributed by atoms with Crippen molar-refractivity contribution in [2.75, 3.05) is 18.4 Å². The number of amides is 1. The molecule has 1 aromatic rings. The van der Waals surface area contributed by atoms with Crippen LogP contribution in [0.5, 0.6) is 0 Å². The van der Waals surface area contributed by atoms with Crippen molar-refractivity contribution in [2.45, 2.75) is 33.2 Å². The summed E-state index contributed by atoms with van der Waals surface area (Å²) in [4.78, 5) is 14.3. The van der Waals surface area contributed by atoms with Gasteiger partial charge in [-0.05, 0) is 37.3 Å². The lowest BCUT2D eigenvalue weighted by atomic mass is 9.91. The number of halogens is 2. The Morgan fingerprint density at radius 3 is 2.52 bits per heavy atom. The highest BCUT2D eigenvalue weighted by Crippen LogP contribution is 2.23. The van der Waals surface area contributed by atoms with Gasteiger partial charge in [-0.3, -0.25) is 9.69 Å². The van der Waals surface area contributed by atoms with Crippen molar-refractivity contribution in [3.8, 4) is 0 Å². The van der Waals surface area contributed by atoms with Gasteiger partial charge < -0.3 is 5.32 Å². The van der Waals surface area contributed by atoms with E-state index in [1.807, 2.05) is 0 Å². The van der Waals surface area contributed by atoms with E-state index in [0.29, 0.717) is 11.8 Å². The van der Waals surface area contributed by atoms with Gasteiger partial charge in [0, 0.05) is 19.2 Å². The molecule has 1 saturated heterocycles. The number of likely N-dealkylation sites (tertiary alicyclic amines) is 1. The van der Waals surface area contributed by atoms with E-state index in [1.165, 1.54) is 0 Å². The van der Waals surface area contributed by atoms with Crippen LogP contribution in [0.1, 0.15) is 27.2 Å². The van der Waals surface area contributed by atoms with Crippen LogP contribution in [0, 0.1) is 23.5 Å². The van der Waals surface area contributed by atoms with Crippen LogP contribution in [0.2, 0.25) is 0 Å². The van der Waals surface area contributed by atoms with Crippen molar-refractivity contribution in [3.63, 3.8) is 0 Å². The predicted molar refractivity (Wildman–Crippen MR) is 79.0 cm³/mol. The Kier molecular flexibility index (Phi) is 4.93. The maximum atomic E-state index is 13.6. The van der Waals surface area contributed by atoms with Crippen LogP contribution in [0.15, 0.2) is 18.2 Å². The maximum Gasteiger partial charge on any atom is 0.241 e. The smallest absolute Gasteiger partial charge is 0.241 e. The second-order valence-corrected chi connectivity index (χ2v) is 6.19. The van der Waals surface area contributed by atoms with Gasteiger partial charge in [-0.15, -0.1) is 0 Å². The fourth-order valence-electron chi connectivity index (χ4n) is 3.02. The number of rotatable bonds is 3. The first-order valence-corrected chi connectivity index (χ1v) is 7.36. The van der Waals surface area contributed by atoms with Crippen LogP contribution in [0.25, 0.3) is 0 Å². The predicted octanol–water partition coefficient (Wildman–Crippen LogP) is 3.27. The fraction of sp³-hybridized carbons (Fsp3) is 0.562. The van der Waals surface area contributed by atoms with Gasteiger partial charge in [-0.25, -0.2) is 8.78 Å². The molecule has 1 aromatic carbocycles. The van der Waals surface area contributed by atoms with E-state index in [4.69, 9.17) is 0 Å². The Balaban J connectivity index is 2.04. The first-order valence-electron chi connectivity index (χ1n) is 7.36. The topological polar surface area (TPSA) is 32.3 Å². The van der Waals surface area contributed by atoms with E-state index in [1.54, 1.807) is 6.92 Å². The summed E-state index contributed by atoms with van der Waals surface area (Å²) in [6.45, 7) is 7.84. The summed E-state index contributed by atoms with van der Waals surface area (Å²) in [5.41, 5.74) is -0.107. The minimum Gasteiger partial charge on any atom is -0.322 e. The molecule has 21 heavy (non-hydrogen) atoms. The number of benzene rings is 1. The molecule has 1 N–H and O–H groups in total. The Morgan fingerprint density at radius 2 is 1.90 bits per heavy atom. The Hall–Kier alpha value is -1.49. The quantitative estimate of drug-likeness (QED) is 0.928. The van der Waals surface area contributed by atoms with Crippen LogP contribution in [-0.2, 0) is 4.79 Å². The zero-order valence-electron chi connectivity index (χ0n) is 12.7. The minimum atomic E-state index is -0.627. The van der Waals surface area contributed by atoms with Crippen molar-refractivity contribution in [3.05, 3.63) is 29.8 Å². The number of nitrogens with one attached hydrogen (secondary N) is 1. The maximum absolute atomic E-state index is 13.6. The summed E-state index contributed by atoms with van der Waals surface area (Å²) in [6, 6.07) is 2.68. The van der Waals surface area contributed by atoms with Crippen molar-refractivity contribution in [2.24, 2.45) is 11.8 Å². The summed E-state index contributed by atoms with van der Waals surface area (Å²) >= 11 is 0. The molecule has 1 aliphatic heterocycles. The monoisotopic (exact) mass is 296 g/mol. The van der Waals surface area contributed by atoms with Gasteiger partial charge in [0.1, 0.15) is 11.6 Å². The number of piperidine rings is 1. The lowest BCUT2D eigenvalue weighted by Gasteiger charge is -2.38. The summed E-state index contributed by atoms with van der Waals surface area (Å²) in [7, 11) is 0. The van der Waals surface area contributed by atoms with Crippen LogP contribution < -0.4 is 5.32 Å². The van der Waals surface area contributed by atoms with E-state index in [0.717, 1.165) is 37.7 Å². The Bertz CT molecular complexity index is 511.